The molecule has 4 rings (SSSR count). The number of fused-ring (bicyclic) bond motifs is 2. The summed E-state index contributed by atoms with van der Waals surface area (Å²) in [5, 5.41) is 2.65. The fraction of sp³-hybridized carbons (Fsp3) is 0.421. The van der Waals surface area contributed by atoms with E-state index in [4.69, 9.17) is 4.98 Å². The van der Waals surface area contributed by atoms with Gasteiger partial charge in [-0.15, -0.1) is 0 Å². The molecule has 2 aliphatic heterocycles. The first-order chi connectivity index (χ1) is 12.7. The van der Waals surface area contributed by atoms with Crippen molar-refractivity contribution in [1.82, 2.24) is 20.2 Å². The minimum atomic E-state index is -0.109. The maximum absolute atomic E-state index is 12.6. The van der Waals surface area contributed by atoms with Crippen molar-refractivity contribution in [2.75, 3.05) is 31.6 Å². The molecule has 0 bridgehead atoms. The Labute approximate surface area is 152 Å². The van der Waals surface area contributed by atoms with Gasteiger partial charge >= 0.3 is 6.03 Å². The first-order valence-corrected chi connectivity index (χ1v) is 9.06. The second kappa shape index (κ2) is 6.82. The van der Waals surface area contributed by atoms with E-state index in [9.17, 15) is 9.59 Å². The molecular formula is C19H23N5O2. The Morgan fingerprint density at radius 3 is 2.69 bits per heavy atom. The van der Waals surface area contributed by atoms with Gasteiger partial charge in [0, 0.05) is 45.2 Å². The van der Waals surface area contributed by atoms with Gasteiger partial charge in [0.25, 0.3) is 5.56 Å². The summed E-state index contributed by atoms with van der Waals surface area (Å²) in [4.78, 5) is 36.1. The predicted molar refractivity (Wildman–Crippen MR) is 99.5 cm³/mol. The third-order valence-corrected chi connectivity index (χ3v) is 5.27. The Bertz CT molecular complexity index is 892. The number of carbonyl (C=O) groups is 1. The van der Waals surface area contributed by atoms with E-state index >= 15 is 0 Å². The molecule has 0 spiro atoms. The Kier molecular flexibility index (Phi) is 4.36. The van der Waals surface area contributed by atoms with Crippen LogP contribution in [0.3, 0.4) is 0 Å². The third-order valence-electron chi connectivity index (χ3n) is 5.27. The molecule has 0 atom stereocenters. The van der Waals surface area contributed by atoms with Crippen LogP contribution in [0.2, 0.25) is 0 Å². The van der Waals surface area contributed by atoms with Crippen molar-refractivity contribution < 1.29 is 4.79 Å². The summed E-state index contributed by atoms with van der Waals surface area (Å²) in [6, 6.07) is 8.29. The molecular weight excluding hydrogens is 330 g/mol. The number of hydrogen-bond donors (Lipinski definition) is 2. The van der Waals surface area contributed by atoms with Gasteiger partial charge in [0.1, 0.15) is 0 Å². The van der Waals surface area contributed by atoms with Gasteiger partial charge in [0.15, 0.2) is 0 Å². The number of nitrogens with one attached hydrogen (secondary N) is 2. The molecule has 3 heterocycles. The van der Waals surface area contributed by atoms with Crippen molar-refractivity contribution in [2.24, 2.45) is 0 Å². The van der Waals surface area contributed by atoms with Crippen molar-refractivity contribution >= 4 is 12.0 Å². The highest BCUT2D eigenvalue weighted by Crippen LogP contribution is 2.22. The second-order valence-corrected chi connectivity index (χ2v) is 6.80. The molecule has 7 nitrogen and oxygen atoms in total. The molecule has 136 valence electrons. The summed E-state index contributed by atoms with van der Waals surface area (Å²) in [5.41, 5.74) is 4.08. The van der Waals surface area contributed by atoms with E-state index in [2.05, 4.69) is 33.4 Å². The zero-order valence-corrected chi connectivity index (χ0v) is 14.9. The first-order valence-electron chi connectivity index (χ1n) is 9.06. The van der Waals surface area contributed by atoms with Crippen molar-refractivity contribution in [2.45, 2.75) is 25.8 Å². The maximum atomic E-state index is 12.6. The average molecular weight is 353 g/mol. The molecule has 0 aliphatic carbocycles. The van der Waals surface area contributed by atoms with E-state index in [-0.39, 0.29) is 11.6 Å². The molecule has 2 amide bonds. The monoisotopic (exact) mass is 353 g/mol. The largest absolute Gasteiger partial charge is 0.341 e. The third kappa shape index (κ3) is 3.05. The fourth-order valence-electron chi connectivity index (χ4n) is 3.78. The minimum Gasteiger partial charge on any atom is -0.341 e. The molecule has 0 fully saturated rings. The normalized spacial score (nSPS) is 16.5. The van der Waals surface area contributed by atoms with Crippen molar-refractivity contribution in [3.63, 3.8) is 0 Å². The van der Waals surface area contributed by atoms with Gasteiger partial charge in [-0.2, -0.15) is 0 Å². The van der Waals surface area contributed by atoms with E-state index < -0.39 is 0 Å². The summed E-state index contributed by atoms with van der Waals surface area (Å²) in [6.45, 7) is 2.70. The lowest BCUT2D eigenvalue weighted by atomic mass is 10.0. The Morgan fingerprint density at radius 2 is 1.88 bits per heavy atom. The fourth-order valence-corrected chi connectivity index (χ4v) is 3.78. The number of benzene rings is 1. The number of anilines is 1. The van der Waals surface area contributed by atoms with Crippen LogP contribution >= 0.6 is 0 Å². The lowest BCUT2D eigenvalue weighted by molar-refractivity contribution is 0.202. The van der Waals surface area contributed by atoms with Crippen LogP contribution in [0.1, 0.15) is 22.4 Å². The number of hydrogen-bond acceptors (Lipinski definition) is 4. The minimum absolute atomic E-state index is 0.0809. The number of nitrogens with zero attached hydrogens (tertiary/aromatic N) is 3. The van der Waals surface area contributed by atoms with Crippen LogP contribution < -0.4 is 15.8 Å². The number of aromatic amines is 1. The molecule has 0 radical (unpaired) electrons. The molecule has 2 aromatic rings. The highest BCUT2D eigenvalue weighted by molar-refractivity contribution is 5.73. The highest BCUT2D eigenvalue weighted by atomic mass is 16.2. The van der Waals surface area contributed by atoms with Crippen LogP contribution in [0.4, 0.5) is 10.7 Å². The smallest absolute Gasteiger partial charge is 0.317 e. The highest BCUT2D eigenvalue weighted by Gasteiger charge is 2.23. The van der Waals surface area contributed by atoms with Gasteiger partial charge in [-0.05, 0) is 24.0 Å². The van der Waals surface area contributed by atoms with Gasteiger partial charge < -0.3 is 15.1 Å². The van der Waals surface area contributed by atoms with Gasteiger partial charge in [0.2, 0.25) is 5.95 Å². The molecule has 0 saturated carbocycles. The van der Waals surface area contributed by atoms with Crippen LogP contribution in [0.5, 0.6) is 0 Å². The number of carbonyl (C=O) groups excluding carboxylic acids is 1. The number of urea groups is 1. The summed E-state index contributed by atoms with van der Waals surface area (Å²) in [6.07, 6.45) is 2.08. The number of amides is 2. The molecule has 0 unspecified atom stereocenters. The lowest BCUT2D eigenvalue weighted by Gasteiger charge is -2.29. The van der Waals surface area contributed by atoms with E-state index in [0.717, 1.165) is 25.2 Å². The Balaban J connectivity index is 1.60. The zero-order valence-electron chi connectivity index (χ0n) is 14.9. The van der Waals surface area contributed by atoms with Gasteiger partial charge in [0.05, 0.1) is 5.69 Å². The molecule has 1 aromatic carbocycles. The topological polar surface area (TPSA) is 81.3 Å². The van der Waals surface area contributed by atoms with Crippen molar-refractivity contribution in [1.29, 1.82) is 0 Å². The van der Waals surface area contributed by atoms with Crippen molar-refractivity contribution in [3.8, 4) is 0 Å². The van der Waals surface area contributed by atoms with E-state index in [1.54, 1.807) is 11.9 Å². The predicted octanol–water partition coefficient (Wildman–Crippen LogP) is 1.07. The summed E-state index contributed by atoms with van der Waals surface area (Å²) < 4.78 is 0. The number of rotatable bonds is 1. The maximum Gasteiger partial charge on any atom is 0.317 e. The van der Waals surface area contributed by atoms with E-state index in [1.807, 2.05) is 6.07 Å². The lowest BCUT2D eigenvalue weighted by Crippen LogP contribution is -2.39. The van der Waals surface area contributed by atoms with Crippen LogP contribution in [-0.2, 0) is 25.8 Å². The van der Waals surface area contributed by atoms with Gasteiger partial charge in [-0.25, -0.2) is 9.78 Å². The molecule has 0 saturated heterocycles. The standard InChI is InChI=1S/C19H23N5O2/c1-20-19(26)23-10-7-15-16(8-11-23)21-18(22-17(15)25)24-9-6-13-4-2-3-5-14(13)12-24/h2-5H,6-12H2,1H3,(H,20,26)(H,21,22,25). The summed E-state index contributed by atoms with van der Waals surface area (Å²) >= 11 is 0. The Morgan fingerprint density at radius 1 is 1.12 bits per heavy atom. The van der Waals surface area contributed by atoms with Gasteiger partial charge in [-0.1, -0.05) is 24.3 Å². The number of H-pyrrole nitrogens is 1. The van der Waals surface area contributed by atoms with Gasteiger partial charge in [-0.3, -0.25) is 9.78 Å². The van der Waals surface area contributed by atoms with E-state index in [0.29, 0.717) is 37.4 Å². The molecule has 7 heteroatoms. The SMILES string of the molecule is CNC(=O)N1CCc2nc(N3CCc4ccccc4C3)[nH]c(=O)c2CC1. The molecule has 1 aromatic heterocycles. The average Bonchev–Trinajstić information content (AvgIpc) is 2.90. The van der Waals surface area contributed by atoms with Crippen LogP contribution in [0.15, 0.2) is 29.1 Å². The quantitative estimate of drug-likeness (QED) is 0.804. The summed E-state index contributed by atoms with van der Waals surface area (Å²) in [7, 11) is 1.62. The molecule has 26 heavy (non-hydrogen) atoms. The van der Waals surface area contributed by atoms with Crippen molar-refractivity contribution in [3.05, 3.63) is 57.0 Å². The summed E-state index contributed by atoms with van der Waals surface area (Å²) in [5.74, 6) is 0.636. The molecule has 2 N–H and O–H groups in total. The van der Waals surface area contributed by atoms with E-state index in [1.165, 1.54) is 11.1 Å². The van der Waals surface area contributed by atoms with Crippen LogP contribution in [-0.4, -0.2) is 47.6 Å². The molecule has 2 aliphatic rings. The first kappa shape index (κ1) is 16.6. The van der Waals surface area contributed by atoms with Crippen LogP contribution in [0.25, 0.3) is 0 Å². The van der Waals surface area contributed by atoms with Crippen LogP contribution in [0, 0.1) is 0 Å². The second-order valence-electron chi connectivity index (χ2n) is 6.80. The number of aromatic nitrogens is 2. The zero-order chi connectivity index (χ0) is 18.1. The Hall–Kier alpha value is -2.83.